The van der Waals surface area contributed by atoms with Gasteiger partial charge in [0.15, 0.2) is 5.78 Å². The second-order valence-electron chi connectivity index (χ2n) is 7.21. The van der Waals surface area contributed by atoms with Crippen LogP contribution in [0.4, 0.5) is 11.4 Å². The van der Waals surface area contributed by atoms with Crippen LogP contribution in [0.2, 0.25) is 0 Å². The Hall–Kier alpha value is -3.44. The summed E-state index contributed by atoms with van der Waals surface area (Å²) in [7, 11) is 0. The van der Waals surface area contributed by atoms with E-state index in [0.29, 0.717) is 29.9 Å². The Morgan fingerprint density at radius 1 is 0.828 bits per heavy atom. The standard InChI is InChI=1S/C24H20N2O3/c27-23-19-6-2-1-5-17(19)18-10-9-16(15-20(18)23)24(28)25-21-7-3-4-8-22(21)26-11-13-29-14-12-26/h1-10,15H,11-14H2,(H,25,28). The smallest absolute Gasteiger partial charge is 0.255 e. The monoisotopic (exact) mass is 384 g/mol. The maximum absolute atomic E-state index is 13.0. The van der Waals surface area contributed by atoms with Crippen molar-refractivity contribution in [1.82, 2.24) is 0 Å². The highest BCUT2D eigenvalue weighted by Gasteiger charge is 2.27. The number of carbonyl (C=O) groups excluding carboxylic acids is 2. The summed E-state index contributed by atoms with van der Waals surface area (Å²) in [5.74, 6) is -0.253. The van der Waals surface area contributed by atoms with Gasteiger partial charge >= 0.3 is 0 Å². The summed E-state index contributed by atoms with van der Waals surface area (Å²) >= 11 is 0. The predicted molar refractivity (Wildman–Crippen MR) is 113 cm³/mol. The summed E-state index contributed by atoms with van der Waals surface area (Å²) in [5.41, 5.74) is 5.30. The van der Waals surface area contributed by atoms with Crippen LogP contribution in [-0.4, -0.2) is 38.0 Å². The van der Waals surface area contributed by atoms with E-state index in [0.717, 1.165) is 35.6 Å². The van der Waals surface area contributed by atoms with E-state index in [-0.39, 0.29) is 11.7 Å². The Kier molecular flexibility index (Phi) is 4.37. The van der Waals surface area contributed by atoms with E-state index in [1.54, 1.807) is 12.1 Å². The molecule has 3 aromatic rings. The fraction of sp³-hybridized carbons (Fsp3) is 0.167. The number of ketones is 1. The second kappa shape index (κ2) is 7.18. The zero-order valence-electron chi connectivity index (χ0n) is 15.9. The zero-order chi connectivity index (χ0) is 19.8. The van der Waals surface area contributed by atoms with E-state index in [9.17, 15) is 9.59 Å². The van der Waals surface area contributed by atoms with Gasteiger partial charge in [-0.05, 0) is 35.4 Å². The summed E-state index contributed by atoms with van der Waals surface area (Å²) in [6, 6.07) is 20.7. The van der Waals surface area contributed by atoms with Crippen LogP contribution in [0.25, 0.3) is 11.1 Å². The van der Waals surface area contributed by atoms with E-state index >= 15 is 0 Å². The molecule has 0 unspecified atom stereocenters. The Labute approximate surface area is 168 Å². The predicted octanol–water partition coefficient (Wildman–Crippen LogP) is 3.99. The van der Waals surface area contributed by atoms with Gasteiger partial charge in [0.05, 0.1) is 24.6 Å². The molecule has 1 aliphatic heterocycles. The number of benzene rings is 3. The first-order valence-corrected chi connectivity index (χ1v) is 9.73. The van der Waals surface area contributed by atoms with E-state index in [2.05, 4.69) is 10.2 Å². The average Bonchev–Trinajstić information content (AvgIpc) is 3.07. The van der Waals surface area contributed by atoms with Crippen molar-refractivity contribution >= 4 is 23.1 Å². The summed E-state index contributed by atoms with van der Waals surface area (Å²) in [6.07, 6.45) is 0. The molecule has 5 nitrogen and oxygen atoms in total. The van der Waals surface area contributed by atoms with Crippen LogP contribution in [0.1, 0.15) is 26.3 Å². The van der Waals surface area contributed by atoms with E-state index < -0.39 is 0 Å². The molecule has 5 rings (SSSR count). The van der Waals surface area contributed by atoms with E-state index in [1.165, 1.54) is 0 Å². The summed E-state index contributed by atoms with van der Waals surface area (Å²) in [4.78, 5) is 27.9. The molecule has 5 heteroatoms. The molecule has 1 amide bonds. The van der Waals surface area contributed by atoms with E-state index in [4.69, 9.17) is 4.74 Å². The maximum atomic E-state index is 13.0. The number of para-hydroxylation sites is 2. The normalized spacial score (nSPS) is 15.0. The molecule has 0 atom stereocenters. The molecule has 1 fully saturated rings. The topological polar surface area (TPSA) is 58.6 Å². The maximum Gasteiger partial charge on any atom is 0.255 e. The van der Waals surface area contributed by atoms with Crippen molar-refractivity contribution in [1.29, 1.82) is 0 Å². The third-order valence-electron chi connectivity index (χ3n) is 5.49. The fourth-order valence-corrected chi connectivity index (χ4v) is 4.02. The number of rotatable bonds is 3. The number of hydrogen-bond acceptors (Lipinski definition) is 4. The van der Waals surface area contributed by atoms with Gasteiger partial charge in [-0.25, -0.2) is 0 Å². The third-order valence-corrected chi connectivity index (χ3v) is 5.49. The molecule has 0 saturated carbocycles. The number of fused-ring (bicyclic) bond motifs is 3. The number of morpholine rings is 1. The summed E-state index contributed by atoms with van der Waals surface area (Å²) < 4.78 is 5.43. The molecule has 1 heterocycles. The number of nitrogens with zero attached hydrogens (tertiary/aromatic N) is 1. The Balaban J connectivity index is 1.43. The Bertz CT molecular complexity index is 1120. The van der Waals surface area contributed by atoms with Gasteiger partial charge in [0.2, 0.25) is 0 Å². The zero-order valence-corrected chi connectivity index (χ0v) is 15.9. The molecule has 29 heavy (non-hydrogen) atoms. The minimum atomic E-state index is -0.225. The minimum Gasteiger partial charge on any atom is -0.378 e. The lowest BCUT2D eigenvalue weighted by Gasteiger charge is -2.30. The van der Waals surface area contributed by atoms with Crippen LogP contribution in [0, 0.1) is 0 Å². The average molecular weight is 384 g/mol. The van der Waals surface area contributed by atoms with Crippen molar-refractivity contribution in [3.8, 4) is 11.1 Å². The lowest BCUT2D eigenvalue weighted by Crippen LogP contribution is -2.36. The van der Waals surface area contributed by atoms with Crippen molar-refractivity contribution in [3.63, 3.8) is 0 Å². The molecule has 1 saturated heterocycles. The fourth-order valence-electron chi connectivity index (χ4n) is 4.02. The quantitative estimate of drug-likeness (QED) is 0.580. The van der Waals surface area contributed by atoms with Crippen molar-refractivity contribution in [3.05, 3.63) is 83.4 Å². The highest BCUT2D eigenvalue weighted by atomic mass is 16.5. The van der Waals surface area contributed by atoms with Crippen molar-refractivity contribution in [2.24, 2.45) is 0 Å². The van der Waals surface area contributed by atoms with Gasteiger partial charge in [0, 0.05) is 29.8 Å². The lowest BCUT2D eigenvalue weighted by atomic mass is 10.0. The highest BCUT2D eigenvalue weighted by Crippen LogP contribution is 2.37. The molecule has 3 aromatic carbocycles. The molecule has 0 spiro atoms. The van der Waals surface area contributed by atoms with Crippen molar-refractivity contribution in [2.75, 3.05) is 36.5 Å². The molecule has 1 N–H and O–H groups in total. The highest BCUT2D eigenvalue weighted by molar-refractivity contribution is 6.22. The van der Waals surface area contributed by atoms with Crippen LogP contribution >= 0.6 is 0 Å². The van der Waals surface area contributed by atoms with Crippen LogP contribution in [0.15, 0.2) is 66.7 Å². The number of nitrogens with one attached hydrogen (secondary N) is 1. The van der Waals surface area contributed by atoms with Crippen LogP contribution in [-0.2, 0) is 4.74 Å². The molecular weight excluding hydrogens is 364 g/mol. The van der Waals surface area contributed by atoms with Gasteiger partial charge in [0.25, 0.3) is 5.91 Å². The molecule has 0 aromatic heterocycles. The van der Waals surface area contributed by atoms with Gasteiger partial charge in [-0.2, -0.15) is 0 Å². The van der Waals surface area contributed by atoms with Crippen LogP contribution in [0.3, 0.4) is 0 Å². The van der Waals surface area contributed by atoms with Crippen molar-refractivity contribution < 1.29 is 14.3 Å². The van der Waals surface area contributed by atoms with Crippen LogP contribution in [0.5, 0.6) is 0 Å². The number of hydrogen-bond donors (Lipinski definition) is 1. The number of amides is 1. The first-order chi connectivity index (χ1) is 14.2. The van der Waals surface area contributed by atoms with Gasteiger partial charge < -0.3 is 15.0 Å². The summed E-state index contributed by atoms with van der Waals surface area (Å²) in [5, 5.41) is 3.02. The van der Waals surface area contributed by atoms with Crippen molar-refractivity contribution in [2.45, 2.75) is 0 Å². The molecule has 1 aliphatic carbocycles. The van der Waals surface area contributed by atoms with Gasteiger partial charge in [-0.15, -0.1) is 0 Å². The Morgan fingerprint density at radius 2 is 1.52 bits per heavy atom. The first-order valence-electron chi connectivity index (χ1n) is 9.73. The number of carbonyl (C=O) groups is 2. The first kappa shape index (κ1) is 17.6. The SMILES string of the molecule is O=C(Nc1ccccc1N1CCOCC1)c1ccc2c(c1)C(=O)c1ccccc1-2. The lowest BCUT2D eigenvalue weighted by molar-refractivity contribution is 0.102. The van der Waals surface area contributed by atoms with Gasteiger partial charge in [0.1, 0.15) is 0 Å². The number of ether oxygens (including phenoxy) is 1. The molecule has 2 aliphatic rings. The molecule has 0 bridgehead atoms. The van der Waals surface area contributed by atoms with Gasteiger partial charge in [-0.3, -0.25) is 9.59 Å². The van der Waals surface area contributed by atoms with Gasteiger partial charge in [-0.1, -0.05) is 42.5 Å². The summed E-state index contributed by atoms with van der Waals surface area (Å²) in [6.45, 7) is 2.93. The van der Waals surface area contributed by atoms with Crippen LogP contribution < -0.4 is 10.2 Å². The Morgan fingerprint density at radius 3 is 2.34 bits per heavy atom. The number of anilines is 2. The van der Waals surface area contributed by atoms with E-state index in [1.807, 2.05) is 54.6 Å². The second-order valence-corrected chi connectivity index (χ2v) is 7.21. The third kappa shape index (κ3) is 3.09. The largest absolute Gasteiger partial charge is 0.378 e. The minimum absolute atomic E-state index is 0.0287. The molecule has 144 valence electrons. The molecular formula is C24H20N2O3. The molecule has 0 radical (unpaired) electrons.